The Balaban J connectivity index is 1.53. The summed E-state index contributed by atoms with van der Waals surface area (Å²) in [6, 6.07) is 11.4. The molecule has 0 radical (unpaired) electrons. The van der Waals surface area contributed by atoms with Gasteiger partial charge < -0.3 is 14.9 Å². The van der Waals surface area contributed by atoms with Gasteiger partial charge in [0, 0.05) is 57.3 Å². The fraction of sp³-hybridized carbons (Fsp3) is 0.480. The first-order valence-electron chi connectivity index (χ1n) is 11.7. The number of benzene rings is 1. The number of aromatic nitrogens is 1. The monoisotopic (exact) mass is 504 g/mol. The van der Waals surface area contributed by atoms with E-state index in [1.807, 2.05) is 41.3 Å². The van der Waals surface area contributed by atoms with E-state index in [-0.39, 0.29) is 23.9 Å². The standard InChI is InChI=1S/C25H30Cl2N4O3/c1-29(25(33)34)18-9-13-30(14-10-18)15-11-22-19(17-5-7-20(26)21(27)16-17)6-8-24(32)31(22)23-4-2-3-12-28-23/h2-5,7,12,16,18-19,22H,6,8-11,13-15H2,1H3,(H,33,34)/t19-,22?/m0/s1. The summed E-state index contributed by atoms with van der Waals surface area (Å²) in [5.74, 6) is 0.871. The number of rotatable bonds is 6. The van der Waals surface area contributed by atoms with Crippen LogP contribution in [0.2, 0.25) is 10.0 Å². The number of hydrogen-bond acceptors (Lipinski definition) is 4. The van der Waals surface area contributed by atoms with Crippen molar-refractivity contribution in [3.05, 3.63) is 58.2 Å². The minimum Gasteiger partial charge on any atom is -0.465 e. The second-order valence-electron chi connectivity index (χ2n) is 9.09. The largest absolute Gasteiger partial charge is 0.465 e. The van der Waals surface area contributed by atoms with Crippen LogP contribution in [0, 0.1) is 0 Å². The first-order valence-corrected chi connectivity index (χ1v) is 12.5. The van der Waals surface area contributed by atoms with Crippen molar-refractivity contribution in [2.75, 3.05) is 31.6 Å². The lowest BCUT2D eigenvalue weighted by atomic mass is 9.81. The zero-order valence-corrected chi connectivity index (χ0v) is 20.8. The average Bonchev–Trinajstić information content (AvgIpc) is 2.85. The van der Waals surface area contributed by atoms with Crippen molar-refractivity contribution in [3.8, 4) is 0 Å². The molecule has 0 aliphatic carbocycles. The molecule has 34 heavy (non-hydrogen) atoms. The van der Waals surface area contributed by atoms with Crippen LogP contribution in [0.5, 0.6) is 0 Å². The number of carbonyl (C=O) groups is 2. The zero-order valence-electron chi connectivity index (χ0n) is 19.2. The van der Waals surface area contributed by atoms with E-state index in [1.54, 1.807) is 13.2 Å². The molecule has 2 amide bonds. The van der Waals surface area contributed by atoms with Gasteiger partial charge in [0.1, 0.15) is 5.82 Å². The van der Waals surface area contributed by atoms with E-state index in [2.05, 4.69) is 9.88 Å². The quantitative estimate of drug-likeness (QED) is 0.589. The van der Waals surface area contributed by atoms with Crippen molar-refractivity contribution in [3.63, 3.8) is 0 Å². The minimum absolute atomic E-state index is 0.0546. The number of carboxylic acid groups (broad SMARTS) is 1. The maximum Gasteiger partial charge on any atom is 0.407 e. The third kappa shape index (κ3) is 5.48. The number of likely N-dealkylation sites (tertiary alicyclic amines) is 1. The van der Waals surface area contributed by atoms with Gasteiger partial charge in [-0.25, -0.2) is 9.78 Å². The van der Waals surface area contributed by atoms with Crippen molar-refractivity contribution in [1.82, 2.24) is 14.8 Å². The predicted molar refractivity (Wildman–Crippen MR) is 134 cm³/mol. The molecule has 3 heterocycles. The van der Waals surface area contributed by atoms with Gasteiger partial charge in [0.05, 0.1) is 10.0 Å². The Morgan fingerprint density at radius 3 is 2.56 bits per heavy atom. The van der Waals surface area contributed by atoms with Gasteiger partial charge in [0.25, 0.3) is 0 Å². The van der Waals surface area contributed by atoms with E-state index in [0.717, 1.165) is 50.9 Å². The fourth-order valence-corrected chi connectivity index (χ4v) is 5.52. The SMILES string of the molecule is CN(C(=O)O)C1CCN(CCC2[C@H](c3ccc(Cl)c(Cl)c3)CCC(=O)N2c2ccccn2)CC1. The number of carbonyl (C=O) groups excluding carboxylic acids is 1. The molecule has 1 unspecified atom stereocenters. The summed E-state index contributed by atoms with van der Waals surface area (Å²) >= 11 is 12.5. The van der Waals surface area contributed by atoms with Gasteiger partial charge in [-0.05, 0) is 55.5 Å². The average molecular weight is 505 g/mol. The highest BCUT2D eigenvalue weighted by molar-refractivity contribution is 6.42. The number of amides is 2. The second-order valence-corrected chi connectivity index (χ2v) is 9.91. The molecule has 2 aliphatic heterocycles. The Bertz CT molecular complexity index is 1010. The highest BCUT2D eigenvalue weighted by atomic mass is 35.5. The van der Waals surface area contributed by atoms with Crippen LogP contribution < -0.4 is 4.90 Å². The Labute approximate surface area is 210 Å². The highest BCUT2D eigenvalue weighted by Crippen LogP contribution is 2.39. The summed E-state index contributed by atoms with van der Waals surface area (Å²) in [5, 5.41) is 10.3. The molecule has 0 spiro atoms. The van der Waals surface area contributed by atoms with Gasteiger partial charge in [-0.15, -0.1) is 0 Å². The molecule has 182 valence electrons. The van der Waals surface area contributed by atoms with Gasteiger partial charge in [-0.2, -0.15) is 0 Å². The first kappa shape index (κ1) is 24.8. The molecule has 2 saturated heterocycles. The van der Waals surface area contributed by atoms with E-state index >= 15 is 0 Å². The number of halogens is 2. The van der Waals surface area contributed by atoms with E-state index < -0.39 is 6.09 Å². The van der Waals surface area contributed by atoms with Crippen molar-refractivity contribution in [2.24, 2.45) is 0 Å². The lowest BCUT2D eigenvalue weighted by molar-refractivity contribution is -0.120. The molecule has 0 bridgehead atoms. The molecular formula is C25H30Cl2N4O3. The smallest absolute Gasteiger partial charge is 0.407 e. The van der Waals surface area contributed by atoms with Gasteiger partial charge in [0.2, 0.25) is 5.91 Å². The molecule has 2 atom stereocenters. The zero-order chi connectivity index (χ0) is 24.2. The molecule has 2 aromatic rings. The summed E-state index contributed by atoms with van der Waals surface area (Å²) < 4.78 is 0. The van der Waals surface area contributed by atoms with Crippen LogP contribution in [0.25, 0.3) is 0 Å². The number of hydrogen-bond donors (Lipinski definition) is 1. The van der Waals surface area contributed by atoms with Gasteiger partial charge >= 0.3 is 6.09 Å². The lowest BCUT2D eigenvalue weighted by Crippen LogP contribution is -2.50. The van der Waals surface area contributed by atoms with Crippen molar-refractivity contribution in [1.29, 1.82) is 0 Å². The Morgan fingerprint density at radius 2 is 1.91 bits per heavy atom. The van der Waals surface area contributed by atoms with Crippen molar-refractivity contribution in [2.45, 2.75) is 50.1 Å². The molecule has 1 aromatic carbocycles. The third-order valence-corrected chi connectivity index (χ3v) is 7.89. The molecular weight excluding hydrogens is 475 g/mol. The normalized spacial score (nSPS) is 22.1. The predicted octanol–water partition coefficient (Wildman–Crippen LogP) is 5.13. The van der Waals surface area contributed by atoms with E-state index in [9.17, 15) is 14.7 Å². The summed E-state index contributed by atoms with van der Waals surface area (Å²) in [5.41, 5.74) is 1.08. The van der Waals surface area contributed by atoms with Crippen LogP contribution >= 0.6 is 23.2 Å². The van der Waals surface area contributed by atoms with E-state index in [4.69, 9.17) is 23.2 Å². The van der Waals surface area contributed by atoms with Gasteiger partial charge in [0.15, 0.2) is 0 Å². The number of anilines is 1. The molecule has 1 aromatic heterocycles. The molecule has 7 nitrogen and oxygen atoms in total. The van der Waals surface area contributed by atoms with E-state index in [1.165, 1.54) is 4.90 Å². The van der Waals surface area contributed by atoms with Crippen LogP contribution in [0.1, 0.15) is 43.6 Å². The number of nitrogens with zero attached hydrogens (tertiary/aromatic N) is 4. The van der Waals surface area contributed by atoms with Crippen molar-refractivity contribution < 1.29 is 14.7 Å². The molecule has 1 N–H and O–H groups in total. The number of pyridine rings is 1. The van der Waals surface area contributed by atoms with Gasteiger partial charge in [-0.3, -0.25) is 9.69 Å². The summed E-state index contributed by atoms with van der Waals surface area (Å²) in [4.78, 5) is 34.5. The molecule has 0 saturated carbocycles. The summed E-state index contributed by atoms with van der Waals surface area (Å²) in [6.07, 6.45) is 4.44. The topological polar surface area (TPSA) is 77.0 Å². The Hall–Kier alpha value is -2.35. The van der Waals surface area contributed by atoms with Crippen LogP contribution in [-0.4, -0.2) is 70.7 Å². The van der Waals surface area contributed by atoms with E-state index in [0.29, 0.717) is 22.3 Å². The van der Waals surface area contributed by atoms with Crippen LogP contribution in [0.4, 0.5) is 10.6 Å². The lowest BCUT2D eigenvalue weighted by Gasteiger charge is -2.42. The summed E-state index contributed by atoms with van der Waals surface area (Å²) in [6.45, 7) is 2.50. The molecule has 2 fully saturated rings. The minimum atomic E-state index is -0.880. The molecule has 2 aliphatic rings. The molecule has 9 heteroatoms. The summed E-state index contributed by atoms with van der Waals surface area (Å²) in [7, 11) is 1.64. The third-order valence-electron chi connectivity index (χ3n) is 7.15. The molecule has 4 rings (SSSR count). The highest BCUT2D eigenvalue weighted by Gasteiger charge is 2.38. The maximum atomic E-state index is 13.1. The van der Waals surface area contributed by atoms with Crippen LogP contribution in [0.3, 0.4) is 0 Å². The fourth-order valence-electron chi connectivity index (χ4n) is 5.21. The van der Waals surface area contributed by atoms with Crippen LogP contribution in [-0.2, 0) is 4.79 Å². The Morgan fingerprint density at radius 1 is 1.15 bits per heavy atom. The Kier molecular flexibility index (Phi) is 7.96. The first-order chi connectivity index (χ1) is 16.3. The maximum absolute atomic E-state index is 13.1. The second kappa shape index (κ2) is 10.9. The van der Waals surface area contributed by atoms with Gasteiger partial charge in [-0.1, -0.05) is 35.3 Å². The van der Waals surface area contributed by atoms with Crippen LogP contribution in [0.15, 0.2) is 42.6 Å². The van der Waals surface area contributed by atoms with Crippen molar-refractivity contribution >= 4 is 41.0 Å². The number of piperidine rings is 2.